The summed E-state index contributed by atoms with van der Waals surface area (Å²) in [5, 5.41) is 16.4. The van der Waals surface area contributed by atoms with Crippen molar-refractivity contribution < 1.29 is 14.6 Å². The fourth-order valence-corrected chi connectivity index (χ4v) is 2.95. The van der Waals surface area contributed by atoms with Crippen LogP contribution in [0.5, 0.6) is 5.75 Å². The van der Waals surface area contributed by atoms with E-state index < -0.39 is 5.97 Å². The molecule has 5 nitrogen and oxygen atoms in total. The lowest BCUT2D eigenvalue weighted by atomic mass is 10.2. The predicted molar refractivity (Wildman–Crippen MR) is 72.9 cm³/mol. The monoisotopic (exact) mass is 274 g/mol. The van der Waals surface area contributed by atoms with Crippen LogP contribution in [0, 0.1) is 0 Å². The second-order valence-electron chi connectivity index (χ2n) is 3.95. The molecule has 0 aliphatic carbocycles. The Bertz CT molecular complexity index is 760. The molecule has 3 aromatic rings. The molecule has 2 heterocycles. The van der Waals surface area contributed by atoms with Crippen molar-refractivity contribution >= 4 is 27.4 Å². The molecular formula is C13H10N2O3S. The fourth-order valence-electron chi connectivity index (χ4n) is 1.90. The topological polar surface area (TPSA) is 75.2 Å². The number of fused-ring (bicyclic) bond motifs is 1. The zero-order chi connectivity index (χ0) is 13.4. The number of methoxy groups -OCH3 is 1. The molecule has 0 atom stereocenters. The van der Waals surface area contributed by atoms with Crippen LogP contribution in [0.1, 0.15) is 10.5 Å². The molecule has 0 spiro atoms. The van der Waals surface area contributed by atoms with E-state index in [1.165, 1.54) is 6.07 Å². The van der Waals surface area contributed by atoms with Crippen LogP contribution < -0.4 is 4.74 Å². The minimum atomic E-state index is -1.04. The van der Waals surface area contributed by atoms with Crippen LogP contribution in [0.3, 0.4) is 0 Å². The van der Waals surface area contributed by atoms with Gasteiger partial charge < -0.3 is 9.84 Å². The number of hydrogen-bond acceptors (Lipinski definition) is 4. The van der Waals surface area contributed by atoms with Crippen LogP contribution in [-0.2, 0) is 0 Å². The van der Waals surface area contributed by atoms with Gasteiger partial charge in [-0.2, -0.15) is 5.10 Å². The summed E-state index contributed by atoms with van der Waals surface area (Å²) in [6.45, 7) is 0. The molecule has 0 bridgehead atoms. The van der Waals surface area contributed by atoms with Gasteiger partial charge >= 0.3 is 5.97 Å². The fraction of sp³-hybridized carbons (Fsp3) is 0.0769. The molecule has 0 fully saturated rings. The van der Waals surface area contributed by atoms with Crippen LogP contribution in [-0.4, -0.2) is 28.4 Å². The van der Waals surface area contributed by atoms with Gasteiger partial charge in [-0.1, -0.05) is 6.07 Å². The first kappa shape index (κ1) is 11.7. The van der Waals surface area contributed by atoms with Gasteiger partial charge in [0.1, 0.15) is 5.75 Å². The van der Waals surface area contributed by atoms with E-state index in [-0.39, 0.29) is 5.69 Å². The maximum absolute atomic E-state index is 10.8. The maximum atomic E-state index is 10.8. The second kappa shape index (κ2) is 4.40. The van der Waals surface area contributed by atoms with E-state index in [0.717, 1.165) is 20.7 Å². The average molecular weight is 274 g/mol. The lowest BCUT2D eigenvalue weighted by Gasteiger charge is -1.99. The van der Waals surface area contributed by atoms with Gasteiger partial charge in [0.25, 0.3) is 0 Å². The molecule has 2 N–H and O–H groups in total. The number of aromatic nitrogens is 2. The molecule has 0 saturated heterocycles. The van der Waals surface area contributed by atoms with Crippen LogP contribution in [0.2, 0.25) is 0 Å². The smallest absolute Gasteiger partial charge is 0.356 e. The predicted octanol–water partition coefficient (Wildman–Crippen LogP) is 3.00. The number of carboxylic acid groups (broad SMARTS) is 1. The number of hydrogen-bond donors (Lipinski definition) is 2. The number of ether oxygens (including phenoxy) is 1. The van der Waals surface area contributed by atoms with Crippen molar-refractivity contribution in [3.8, 4) is 16.3 Å². The minimum Gasteiger partial charge on any atom is -0.496 e. The van der Waals surface area contributed by atoms with E-state index in [9.17, 15) is 4.79 Å². The third-order valence-electron chi connectivity index (χ3n) is 2.80. The number of nitrogens with zero attached hydrogens (tertiary/aromatic N) is 1. The van der Waals surface area contributed by atoms with Crippen molar-refractivity contribution in [2.75, 3.05) is 7.11 Å². The van der Waals surface area contributed by atoms with Gasteiger partial charge in [0.15, 0.2) is 5.69 Å². The Labute approximate surface area is 112 Å². The standard InChI is InChI=1S/C13H10N2O3S/c1-18-10-3-2-4-11-7(10)5-12(19-11)8-6-9(13(16)17)15-14-8/h2-6H,1H3,(H,14,15)(H,16,17). The molecule has 1 aromatic carbocycles. The summed E-state index contributed by atoms with van der Waals surface area (Å²) < 4.78 is 6.39. The number of rotatable bonds is 3. The maximum Gasteiger partial charge on any atom is 0.356 e. The number of H-pyrrole nitrogens is 1. The molecule has 6 heteroatoms. The molecule has 0 unspecified atom stereocenters. The third-order valence-corrected chi connectivity index (χ3v) is 3.94. The Hall–Kier alpha value is -2.34. The van der Waals surface area contributed by atoms with Crippen molar-refractivity contribution in [1.82, 2.24) is 10.2 Å². The molecule has 0 aliphatic rings. The zero-order valence-corrected chi connectivity index (χ0v) is 10.8. The molecule has 0 aliphatic heterocycles. The summed E-state index contributed by atoms with van der Waals surface area (Å²) in [4.78, 5) is 11.7. The number of thiophene rings is 1. The van der Waals surface area contributed by atoms with Crippen molar-refractivity contribution in [2.45, 2.75) is 0 Å². The largest absolute Gasteiger partial charge is 0.496 e. The van der Waals surface area contributed by atoms with Gasteiger partial charge in [0.2, 0.25) is 0 Å². The van der Waals surface area contributed by atoms with E-state index in [1.807, 2.05) is 24.3 Å². The summed E-state index contributed by atoms with van der Waals surface area (Å²) in [5.41, 5.74) is 0.708. The summed E-state index contributed by atoms with van der Waals surface area (Å²) in [7, 11) is 1.63. The molecule has 0 radical (unpaired) electrons. The summed E-state index contributed by atoms with van der Waals surface area (Å²) in [6, 6.07) is 9.32. The molecule has 0 amide bonds. The lowest BCUT2D eigenvalue weighted by molar-refractivity contribution is 0.0690. The summed E-state index contributed by atoms with van der Waals surface area (Å²) in [6.07, 6.45) is 0. The van der Waals surface area contributed by atoms with Crippen molar-refractivity contribution in [1.29, 1.82) is 0 Å². The third kappa shape index (κ3) is 1.96. The Morgan fingerprint density at radius 3 is 2.95 bits per heavy atom. The number of nitrogens with one attached hydrogen (secondary N) is 1. The highest BCUT2D eigenvalue weighted by Gasteiger charge is 2.13. The van der Waals surface area contributed by atoms with Gasteiger partial charge in [0, 0.05) is 10.1 Å². The van der Waals surface area contributed by atoms with Gasteiger partial charge in [-0.25, -0.2) is 4.79 Å². The van der Waals surface area contributed by atoms with Crippen LogP contribution >= 0.6 is 11.3 Å². The Morgan fingerprint density at radius 1 is 1.42 bits per heavy atom. The normalized spacial score (nSPS) is 10.8. The molecular weight excluding hydrogens is 264 g/mol. The average Bonchev–Trinajstić information content (AvgIpc) is 3.04. The van der Waals surface area contributed by atoms with Gasteiger partial charge in [-0.3, -0.25) is 5.10 Å². The molecule has 0 saturated carbocycles. The number of aromatic amines is 1. The molecule has 96 valence electrons. The van der Waals surface area contributed by atoms with Crippen LogP contribution in [0.25, 0.3) is 20.7 Å². The van der Waals surface area contributed by atoms with E-state index in [1.54, 1.807) is 18.4 Å². The van der Waals surface area contributed by atoms with E-state index in [2.05, 4.69) is 10.2 Å². The number of carbonyl (C=O) groups is 1. The van der Waals surface area contributed by atoms with Gasteiger partial charge in [-0.15, -0.1) is 11.3 Å². The highest BCUT2D eigenvalue weighted by atomic mass is 32.1. The highest BCUT2D eigenvalue weighted by Crippen LogP contribution is 2.37. The SMILES string of the molecule is COc1cccc2sc(-c3cc(C(=O)O)n[nH]3)cc12. The van der Waals surface area contributed by atoms with Crippen LogP contribution in [0.15, 0.2) is 30.3 Å². The lowest BCUT2D eigenvalue weighted by Crippen LogP contribution is -1.95. The zero-order valence-electron chi connectivity index (χ0n) is 10.0. The number of aromatic carboxylic acids is 1. The first-order valence-electron chi connectivity index (χ1n) is 5.54. The molecule has 19 heavy (non-hydrogen) atoms. The van der Waals surface area contributed by atoms with E-state index in [0.29, 0.717) is 5.69 Å². The Morgan fingerprint density at radius 2 is 2.26 bits per heavy atom. The first-order valence-corrected chi connectivity index (χ1v) is 6.36. The molecule has 2 aromatic heterocycles. The van der Waals surface area contributed by atoms with Crippen molar-refractivity contribution in [3.05, 3.63) is 36.0 Å². The van der Waals surface area contributed by atoms with Crippen molar-refractivity contribution in [2.24, 2.45) is 0 Å². The minimum absolute atomic E-state index is 0.0134. The van der Waals surface area contributed by atoms with Crippen LogP contribution in [0.4, 0.5) is 0 Å². The quantitative estimate of drug-likeness (QED) is 0.769. The first-order chi connectivity index (χ1) is 9.19. The highest BCUT2D eigenvalue weighted by molar-refractivity contribution is 7.22. The second-order valence-corrected chi connectivity index (χ2v) is 5.04. The van der Waals surface area contributed by atoms with Crippen molar-refractivity contribution in [3.63, 3.8) is 0 Å². The number of carboxylic acids is 1. The Balaban J connectivity index is 2.12. The summed E-state index contributed by atoms with van der Waals surface area (Å²) in [5.74, 6) is -0.237. The Kier molecular flexibility index (Phi) is 2.72. The molecule has 3 rings (SSSR count). The number of benzene rings is 1. The summed E-state index contributed by atoms with van der Waals surface area (Å²) >= 11 is 1.56. The van der Waals surface area contributed by atoms with Gasteiger partial charge in [-0.05, 0) is 24.3 Å². The van der Waals surface area contributed by atoms with Gasteiger partial charge in [0.05, 0.1) is 17.7 Å². The van der Waals surface area contributed by atoms with E-state index in [4.69, 9.17) is 9.84 Å². The van der Waals surface area contributed by atoms with E-state index >= 15 is 0 Å².